The second-order valence-electron chi connectivity index (χ2n) is 9.12. The Balaban J connectivity index is 3.47. The van der Waals surface area contributed by atoms with E-state index in [0.717, 1.165) is 19.3 Å². The summed E-state index contributed by atoms with van der Waals surface area (Å²) in [4.78, 5) is 12.0. The van der Waals surface area contributed by atoms with Crippen molar-refractivity contribution in [3.05, 3.63) is 12.2 Å². The molecule has 0 aromatic heterocycles. The van der Waals surface area contributed by atoms with E-state index < -0.39 is 6.10 Å². The van der Waals surface area contributed by atoms with E-state index >= 15 is 0 Å². The summed E-state index contributed by atoms with van der Waals surface area (Å²) in [6, 6.07) is 0. The van der Waals surface area contributed by atoms with Crippen LogP contribution in [0, 0.1) is 0 Å². The van der Waals surface area contributed by atoms with Crippen LogP contribution >= 0.6 is 0 Å². The predicted molar refractivity (Wildman–Crippen MR) is 136 cm³/mol. The van der Waals surface area contributed by atoms with Crippen molar-refractivity contribution in [2.24, 2.45) is 0 Å². The molecule has 0 radical (unpaired) electrons. The summed E-state index contributed by atoms with van der Waals surface area (Å²) in [6.45, 7) is 5.26. The Bertz CT molecular complexity index is 408. The minimum absolute atomic E-state index is 0.171. The van der Waals surface area contributed by atoms with Crippen LogP contribution in [0.5, 0.6) is 0 Å². The molecule has 4 heteroatoms. The highest BCUT2D eigenvalue weighted by Crippen LogP contribution is 2.11. The van der Waals surface area contributed by atoms with E-state index in [4.69, 9.17) is 9.47 Å². The van der Waals surface area contributed by atoms with Crippen molar-refractivity contribution < 1.29 is 19.4 Å². The van der Waals surface area contributed by atoms with Gasteiger partial charge in [0.05, 0.1) is 13.2 Å². The number of rotatable bonds is 25. The summed E-state index contributed by atoms with van der Waals surface area (Å²) in [6.07, 6.45) is 26.6. The van der Waals surface area contributed by atoms with Crippen LogP contribution in [0.1, 0.15) is 136 Å². The molecule has 0 saturated carbocycles. The molecule has 1 atom stereocenters. The van der Waals surface area contributed by atoms with Gasteiger partial charge in [-0.05, 0) is 32.1 Å². The minimum atomic E-state index is -0.527. The molecule has 4 nitrogen and oxygen atoms in total. The van der Waals surface area contributed by atoms with Gasteiger partial charge < -0.3 is 14.6 Å². The standard InChI is InChI=1S/C28H54O4/c1-3-5-7-9-11-13-15-17-19-21-23-28(30)32-27(25-29)26-31-24-22-20-18-16-14-12-10-8-6-4-2/h7,9,27,29H,3-6,8,10-26H2,1-2H3/b9-7-. The van der Waals surface area contributed by atoms with Crippen LogP contribution in [0.2, 0.25) is 0 Å². The van der Waals surface area contributed by atoms with Gasteiger partial charge in [0.1, 0.15) is 6.10 Å². The molecule has 0 amide bonds. The summed E-state index contributed by atoms with van der Waals surface area (Å²) >= 11 is 0. The summed E-state index contributed by atoms with van der Waals surface area (Å²) in [5.74, 6) is -0.214. The Kier molecular flexibility index (Phi) is 25.7. The first-order valence-electron chi connectivity index (χ1n) is 13.8. The van der Waals surface area contributed by atoms with E-state index in [2.05, 4.69) is 26.0 Å². The highest BCUT2D eigenvalue weighted by Gasteiger charge is 2.13. The topological polar surface area (TPSA) is 55.8 Å². The summed E-state index contributed by atoms with van der Waals surface area (Å²) in [5, 5.41) is 9.44. The summed E-state index contributed by atoms with van der Waals surface area (Å²) in [5.41, 5.74) is 0. The van der Waals surface area contributed by atoms with Gasteiger partial charge >= 0.3 is 5.97 Å². The second-order valence-corrected chi connectivity index (χ2v) is 9.12. The molecule has 0 aliphatic heterocycles. The van der Waals surface area contributed by atoms with E-state index in [0.29, 0.717) is 19.6 Å². The van der Waals surface area contributed by atoms with Crippen molar-refractivity contribution >= 4 is 5.97 Å². The molecular weight excluding hydrogens is 400 g/mol. The minimum Gasteiger partial charge on any atom is -0.457 e. The normalized spacial score (nSPS) is 12.5. The van der Waals surface area contributed by atoms with Gasteiger partial charge in [0.2, 0.25) is 0 Å². The van der Waals surface area contributed by atoms with E-state index in [1.54, 1.807) is 0 Å². The number of carbonyl (C=O) groups excluding carboxylic acids is 1. The van der Waals surface area contributed by atoms with Gasteiger partial charge in [-0.25, -0.2) is 0 Å². The molecule has 32 heavy (non-hydrogen) atoms. The first-order valence-corrected chi connectivity index (χ1v) is 13.8. The lowest BCUT2D eigenvalue weighted by molar-refractivity contribution is -0.154. The average Bonchev–Trinajstić information content (AvgIpc) is 2.80. The third-order valence-electron chi connectivity index (χ3n) is 5.82. The van der Waals surface area contributed by atoms with Crippen LogP contribution < -0.4 is 0 Å². The lowest BCUT2D eigenvalue weighted by Crippen LogP contribution is -2.27. The number of esters is 1. The third kappa shape index (κ3) is 23.8. The molecule has 0 heterocycles. The van der Waals surface area contributed by atoms with Crippen molar-refractivity contribution in [3.8, 4) is 0 Å². The SMILES string of the molecule is CCC/C=C\CCCCCCCC(=O)OC(CO)COCCCCCCCCCCCC. The predicted octanol–water partition coefficient (Wildman–Crippen LogP) is 7.92. The maximum absolute atomic E-state index is 12.0. The van der Waals surface area contributed by atoms with Crippen LogP contribution in [-0.2, 0) is 14.3 Å². The van der Waals surface area contributed by atoms with Gasteiger partial charge in [0.15, 0.2) is 0 Å². The van der Waals surface area contributed by atoms with Gasteiger partial charge in [0, 0.05) is 13.0 Å². The van der Waals surface area contributed by atoms with Crippen LogP contribution in [0.4, 0.5) is 0 Å². The largest absolute Gasteiger partial charge is 0.457 e. The molecule has 190 valence electrons. The molecule has 0 aliphatic rings. The van der Waals surface area contributed by atoms with E-state index in [1.165, 1.54) is 96.3 Å². The summed E-state index contributed by atoms with van der Waals surface area (Å²) in [7, 11) is 0. The van der Waals surface area contributed by atoms with Crippen molar-refractivity contribution in [1.82, 2.24) is 0 Å². The van der Waals surface area contributed by atoms with E-state index in [1.807, 2.05) is 0 Å². The van der Waals surface area contributed by atoms with Gasteiger partial charge in [-0.1, -0.05) is 109 Å². The zero-order valence-corrected chi connectivity index (χ0v) is 21.5. The first kappa shape index (κ1) is 31.1. The number of hydrogen-bond donors (Lipinski definition) is 1. The Morgan fingerprint density at radius 1 is 0.719 bits per heavy atom. The number of unbranched alkanes of at least 4 members (excludes halogenated alkanes) is 15. The highest BCUT2D eigenvalue weighted by atomic mass is 16.6. The van der Waals surface area contributed by atoms with Crippen molar-refractivity contribution in [2.45, 2.75) is 142 Å². The van der Waals surface area contributed by atoms with Crippen LogP contribution in [0.25, 0.3) is 0 Å². The molecule has 0 rings (SSSR count). The monoisotopic (exact) mass is 454 g/mol. The Morgan fingerprint density at radius 2 is 1.28 bits per heavy atom. The average molecular weight is 455 g/mol. The lowest BCUT2D eigenvalue weighted by atomic mass is 10.1. The van der Waals surface area contributed by atoms with Gasteiger partial charge in [-0.3, -0.25) is 4.79 Å². The van der Waals surface area contributed by atoms with Crippen LogP contribution in [0.3, 0.4) is 0 Å². The van der Waals surface area contributed by atoms with Crippen molar-refractivity contribution in [1.29, 1.82) is 0 Å². The maximum Gasteiger partial charge on any atom is 0.306 e. The number of allylic oxidation sites excluding steroid dienone is 2. The number of aliphatic hydroxyl groups is 1. The van der Waals surface area contributed by atoms with E-state index in [-0.39, 0.29) is 12.6 Å². The zero-order valence-electron chi connectivity index (χ0n) is 21.5. The van der Waals surface area contributed by atoms with E-state index in [9.17, 15) is 9.90 Å². The van der Waals surface area contributed by atoms with Gasteiger partial charge in [-0.15, -0.1) is 0 Å². The molecule has 0 aliphatic carbocycles. The van der Waals surface area contributed by atoms with Crippen LogP contribution in [-0.4, -0.2) is 37.0 Å². The van der Waals surface area contributed by atoms with Gasteiger partial charge in [-0.2, -0.15) is 0 Å². The Hall–Kier alpha value is -0.870. The quantitative estimate of drug-likeness (QED) is 0.0864. The molecule has 0 aromatic carbocycles. The number of aliphatic hydroxyl groups excluding tert-OH is 1. The molecule has 0 saturated heterocycles. The molecule has 0 aromatic rings. The molecule has 0 spiro atoms. The summed E-state index contributed by atoms with van der Waals surface area (Å²) < 4.78 is 11.0. The maximum atomic E-state index is 12.0. The molecule has 0 fully saturated rings. The Labute approximate surface area is 199 Å². The van der Waals surface area contributed by atoms with Crippen LogP contribution in [0.15, 0.2) is 12.2 Å². The zero-order chi connectivity index (χ0) is 23.5. The Morgan fingerprint density at radius 3 is 1.91 bits per heavy atom. The third-order valence-corrected chi connectivity index (χ3v) is 5.82. The fourth-order valence-corrected chi connectivity index (χ4v) is 3.74. The number of carbonyl (C=O) groups is 1. The molecule has 1 N–H and O–H groups in total. The lowest BCUT2D eigenvalue weighted by Gasteiger charge is -2.15. The first-order chi connectivity index (χ1) is 15.7. The second kappa shape index (κ2) is 26.4. The van der Waals surface area contributed by atoms with Crippen molar-refractivity contribution in [2.75, 3.05) is 19.8 Å². The molecule has 0 bridgehead atoms. The number of hydrogen-bond acceptors (Lipinski definition) is 4. The number of ether oxygens (including phenoxy) is 2. The smallest absolute Gasteiger partial charge is 0.306 e. The van der Waals surface area contributed by atoms with Crippen molar-refractivity contribution in [3.63, 3.8) is 0 Å². The fourth-order valence-electron chi connectivity index (χ4n) is 3.74. The molecular formula is C28H54O4. The highest BCUT2D eigenvalue weighted by molar-refractivity contribution is 5.69. The van der Waals surface area contributed by atoms with Gasteiger partial charge in [0.25, 0.3) is 0 Å². The fraction of sp³-hybridized carbons (Fsp3) is 0.893. The molecule has 1 unspecified atom stereocenters.